The Morgan fingerprint density at radius 2 is 1.83 bits per heavy atom. The third-order valence-electron chi connectivity index (χ3n) is 6.58. The van der Waals surface area contributed by atoms with Gasteiger partial charge in [0.05, 0.1) is 12.8 Å². The molecule has 8 nitrogen and oxygen atoms in total. The van der Waals surface area contributed by atoms with Crippen LogP contribution in [0.15, 0.2) is 64.3 Å². The zero-order valence-corrected chi connectivity index (χ0v) is 20.6. The predicted octanol–water partition coefficient (Wildman–Crippen LogP) is 3.44. The lowest BCUT2D eigenvalue weighted by molar-refractivity contribution is 0.0626. The van der Waals surface area contributed by atoms with Crippen LogP contribution in [0.2, 0.25) is 0 Å². The van der Waals surface area contributed by atoms with Crippen LogP contribution in [0, 0.1) is 5.82 Å². The Bertz CT molecular complexity index is 1260. The summed E-state index contributed by atoms with van der Waals surface area (Å²) >= 11 is 0. The average molecular weight is 495 g/mol. The average Bonchev–Trinajstić information content (AvgIpc) is 3.41. The second-order valence-electron chi connectivity index (χ2n) is 9.08. The van der Waals surface area contributed by atoms with E-state index in [2.05, 4.69) is 10.2 Å². The fourth-order valence-electron chi connectivity index (χ4n) is 4.23. The van der Waals surface area contributed by atoms with Crippen LogP contribution in [0.3, 0.4) is 0 Å². The highest BCUT2D eigenvalue weighted by Crippen LogP contribution is 2.15. The lowest BCUT2D eigenvalue weighted by Gasteiger charge is -2.34. The number of hydrogen-bond donors (Lipinski definition) is 1. The van der Waals surface area contributed by atoms with Crippen molar-refractivity contribution in [2.24, 2.45) is 0 Å². The molecule has 2 amide bonds. The van der Waals surface area contributed by atoms with E-state index >= 15 is 0 Å². The normalized spacial score (nSPS) is 15.0. The summed E-state index contributed by atoms with van der Waals surface area (Å²) in [7, 11) is 0. The zero-order valence-electron chi connectivity index (χ0n) is 20.6. The first-order chi connectivity index (χ1) is 17.4. The number of amides is 2. The predicted molar refractivity (Wildman–Crippen MR) is 133 cm³/mol. The summed E-state index contributed by atoms with van der Waals surface area (Å²) in [5.41, 5.74) is 0.204. The lowest BCUT2D eigenvalue weighted by atomic mass is 10.1. The summed E-state index contributed by atoms with van der Waals surface area (Å²) in [5, 5.41) is 2.70. The van der Waals surface area contributed by atoms with E-state index in [0.29, 0.717) is 38.5 Å². The number of furan rings is 1. The molecule has 0 aliphatic carbocycles. The van der Waals surface area contributed by atoms with Gasteiger partial charge in [0.15, 0.2) is 0 Å². The molecule has 3 heterocycles. The minimum absolute atomic E-state index is 0.00288. The molecule has 190 valence electrons. The molecule has 0 bridgehead atoms. The van der Waals surface area contributed by atoms with Crippen molar-refractivity contribution >= 4 is 11.8 Å². The van der Waals surface area contributed by atoms with Crippen LogP contribution in [-0.4, -0.2) is 52.4 Å². The second-order valence-corrected chi connectivity index (χ2v) is 9.08. The molecule has 4 rings (SSSR count). The van der Waals surface area contributed by atoms with Crippen molar-refractivity contribution in [2.75, 3.05) is 26.2 Å². The monoisotopic (exact) mass is 494 g/mol. The quantitative estimate of drug-likeness (QED) is 0.518. The number of carbonyl (C=O) groups is 2. The van der Waals surface area contributed by atoms with Crippen LogP contribution in [0.1, 0.15) is 58.3 Å². The molecule has 1 aromatic carbocycles. The van der Waals surface area contributed by atoms with E-state index in [9.17, 15) is 18.8 Å². The molecule has 9 heteroatoms. The highest BCUT2D eigenvalue weighted by Gasteiger charge is 2.27. The molecular formula is C27H31FN4O4. The molecule has 0 unspecified atom stereocenters. The maximum absolute atomic E-state index is 13.5. The first-order valence-electron chi connectivity index (χ1n) is 12.2. The highest BCUT2D eigenvalue weighted by molar-refractivity contribution is 5.99. The molecule has 1 aliphatic rings. The van der Waals surface area contributed by atoms with Crippen LogP contribution in [0.5, 0.6) is 0 Å². The summed E-state index contributed by atoms with van der Waals surface area (Å²) in [6, 6.07) is 9.93. The van der Waals surface area contributed by atoms with E-state index in [1.54, 1.807) is 33.9 Å². The number of nitrogens with zero attached hydrogens (tertiary/aromatic N) is 3. The first-order valence-corrected chi connectivity index (χ1v) is 12.2. The van der Waals surface area contributed by atoms with Crippen molar-refractivity contribution in [3.63, 3.8) is 0 Å². The number of aromatic nitrogens is 1. The molecule has 1 saturated heterocycles. The Balaban J connectivity index is 1.49. The van der Waals surface area contributed by atoms with Crippen molar-refractivity contribution in [3.8, 4) is 0 Å². The van der Waals surface area contributed by atoms with Crippen LogP contribution in [-0.2, 0) is 13.1 Å². The van der Waals surface area contributed by atoms with Gasteiger partial charge in [0.2, 0.25) is 5.43 Å². The van der Waals surface area contributed by atoms with E-state index in [1.165, 1.54) is 24.6 Å². The van der Waals surface area contributed by atoms with Crippen molar-refractivity contribution in [1.82, 2.24) is 19.7 Å². The van der Waals surface area contributed by atoms with Gasteiger partial charge >= 0.3 is 0 Å². The number of rotatable bonds is 8. The van der Waals surface area contributed by atoms with Crippen LogP contribution < -0.4 is 10.7 Å². The standard InChI is InChI=1S/C27H31FN4O4/c1-3-19(2)32-17-23(26(34)29-15-22-8-5-13-36-22)25(33)24(18-32)27(35)31-11-9-30(10-12-31)16-20-6-4-7-21(28)14-20/h4-8,13-14,17-19H,3,9-12,15-16H2,1-2H3,(H,29,34)/t19-/m1/s1. The van der Waals surface area contributed by atoms with E-state index in [-0.39, 0.29) is 35.4 Å². The zero-order chi connectivity index (χ0) is 25.7. The number of carbonyl (C=O) groups excluding carboxylic acids is 2. The van der Waals surface area contributed by atoms with Crippen LogP contribution in [0.4, 0.5) is 4.39 Å². The third-order valence-corrected chi connectivity index (χ3v) is 6.58. The van der Waals surface area contributed by atoms with Crippen molar-refractivity contribution in [2.45, 2.75) is 39.4 Å². The molecule has 36 heavy (non-hydrogen) atoms. The van der Waals surface area contributed by atoms with Gasteiger partial charge in [-0.15, -0.1) is 0 Å². The number of pyridine rings is 1. The minimum atomic E-state index is -0.585. The number of piperazine rings is 1. The maximum atomic E-state index is 13.5. The molecule has 1 N–H and O–H groups in total. The fraction of sp³-hybridized carbons (Fsp3) is 0.370. The molecule has 1 fully saturated rings. The molecule has 0 saturated carbocycles. The molecular weight excluding hydrogens is 463 g/mol. The molecule has 1 aliphatic heterocycles. The van der Waals surface area contributed by atoms with E-state index in [1.807, 2.05) is 19.9 Å². The fourth-order valence-corrected chi connectivity index (χ4v) is 4.23. The topological polar surface area (TPSA) is 87.8 Å². The highest BCUT2D eigenvalue weighted by atomic mass is 19.1. The second kappa shape index (κ2) is 11.3. The third kappa shape index (κ3) is 5.91. The Kier molecular flexibility index (Phi) is 8.00. The van der Waals surface area contributed by atoms with Gasteiger partial charge in [-0.3, -0.25) is 19.3 Å². The SMILES string of the molecule is CC[C@@H](C)n1cc(C(=O)NCc2ccco2)c(=O)c(C(=O)N2CCN(Cc3cccc(F)c3)CC2)c1. The largest absolute Gasteiger partial charge is 0.467 e. The summed E-state index contributed by atoms with van der Waals surface area (Å²) in [4.78, 5) is 43.4. The van der Waals surface area contributed by atoms with Crippen molar-refractivity contribution in [3.05, 3.63) is 93.5 Å². The lowest BCUT2D eigenvalue weighted by Crippen LogP contribution is -2.49. The van der Waals surface area contributed by atoms with Gasteiger partial charge in [-0.2, -0.15) is 0 Å². The Hall–Kier alpha value is -3.72. The molecule has 0 radical (unpaired) electrons. The van der Waals surface area contributed by atoms with Crippen LogP contribution >= 0.6 is 0 Å². The van der Waals surface area contributed by atoms with Gasteiger partial charge in [-0.05, 0) is 43.2 Å². The van der Waals surface area contributed by atoms with Gasteiger partial charge < -0.3 is 19.2 Å². The molecule has 3 aromatic rings. The van der Waals surface area contributed by atoms with Gasteiger partial charge in [0.1, 0.15) is 22.7 Å². The van der Waals surface area contributed by atoms with Gasteiger partial charge in [0.25, 0.3) is 11.8 Å². The van der Waals surface area contributed by atoms with Crippen molar-refractivity contribution < 1.29 is 18.4 Å². The van der Waals surface area contributed by atoms with Gasteiger partial charge in [-0.25, -0.2) is 4.39 Å². The van der Waals surface area contributed by atoms with Gasteiger partial charge in [0, 0.05) is 51.2 Å². The summed E-state index contributed by atoms with van der Waals surface area (Å²) in [6.45, 7) is 6.77. The smallest absolute Gasteiger partial charge is 0.259 e. The number of benzene rings is 1. The Morgan fingerprint density at radius 1 is 1.08 bits per heavy atom. The summed E-state index contributed by atoms with van der Waals surface area (Å²) < 4.78 is 20.5. The van der Waals surface area contributed by atoms with Crippen LogP contribution in [0.25, 0.3) is 0 Å². The number of nitrogens with one attached hydrogen (secondary N) is 1. The number of hydrogen-bond acceptors (Lipinski definition) is 5. The minimum Gasteiger partial charge on any atom is -0.467 e. The molecule has 1 atom stereocenters. The number of halogens is 1. The first kappa shape index (κ1) is 25.4. The molecule has 0 spiro atoms. The van der Waals surface area contributed by atoms with E-state index in [0.717, 1.165) is 12.0 Å². The van der Waals surface area contributed by atoms with E-state index < -0.39 is 11.3 Å². The van der Waals surface area contributed by atoms with Gasteiger partial charge in [-0.1, -0.05) is 19.1 Å². The van der Waals surface area contributed by atoms with Crippen molar-refractivity contribution in [1.29, 1.82) is 0 Å². The Morgan fingerprint density at radius 3 is 2.50 bits per heavy atom. The summed E-state index contributed by atoms with van der Waals surface area (Å²) in [6.07, 6.45) is 5.35. The van der Waals surface area contributed by atoms with E-state index in [4.69, 9.17) is 4.42 Å². The Labute approximate surface area is 209 Å². The summed E-state index contributed by atoms with van der Waals surface area (Å²) in [5.74, 6) is -0.646. The maximum Gasteiger partial charge on any atom is 0.259 e. The molecule has 2 aromatic heterocycles.